The molecule has 0 radical (unpaired) electrons. The van der Waals surface area contributed by atoms with Crippen LogP contribution in [0.15, 0.2) is 24.4 Å². The number of likely N-dealkylation sites (tertiary alicyclic amines) is 1. The van der Waals surface area contributed by atoms with Crippen LogP contribution in [0.2, 0.25) is 0 Å². The van der Waals surface area contributed by atoms with Gasteiger partial charge in [0.25, 0.3) is 0 Å². The normalized spacial score (nSPS) is 23.8. The summed E-state index contributed by atoms with van der Waals surface area (Å²) in [7, 11) is 0. The van der Waals surface area contributed by atoms with Crippen LogP contribution in [0.4, 0.5) is 0 Å². The third kappa shape index (κ3) is 2.66. The standard InChI is InChI=1S/C15H20N2O3/c1-15(2,3)17-12(18)8-7-10(14(19)20)13(17)11-6-4-5-9-16-11/h4-6,9-10,13H,7-8H2,1-3H3,(H,19,20). The molecule has 1 fully saturated rings. The molecule has 1 aromatic rings. The van der Waals surface area contributed by atoms with Gasteiger partial charge in [0, 0.05) is 18.2 Å². The first-order valence-electron chi connectivity index (χ1n) is 6.78. The molecule has 1 aromatic heterocycles. The molecule has 0 aliphatic carbocycles. The summed E-state index contributed by atoms with van der Waals surface area (Å²) in [5.74, 6) is -1.49. The van der Waals surface area contributed by atoms with Gasteiger partial charge in [0.15, 0.2) is 0 Å². The van der Waals surface area contributed by atoms with E-state index in [1.807, 2.05) is 26.8 Å². The molecule has 2 heterocycles. The highest BCUT2D eigenvalue weighted by Gasteiger charge is 2.45. The second kappa shape index (κ2) is 5.23. The van der Waals surface area contributed by atoms with Crippen LogP contribution < -0.4 is 0 Å². The van der Waals surface area contributed by atoms with Crippen LogP contribution in [0.1, 0.15) is 45.3 Å². The van der Waals surface area contributed by atoms with Crippen molar-refractivity contribution in [3.8, 4) is 0 Å². The molecule has 0 saturated carbocycles. The Labute approximate surface area is 118 Å². The number of nitrogens with zero attached hydrogens (tertiary/aromatic N) is 2. The molecule has 1 aliphatic rings. The number of pyridine rings is 1. The molecule has 20 heavy (non-hydrogen) atoms. The van der Waals surface area contributed by atoms with Crippen molar-refractivity contribution in [1.82, 2.24) is 9.88 Å². The summed E-state index contributed by atoms with van der Waals surface area (Å²) < 4.78 is 0. The van der Waals surface area contributed by atoms with Gasteiger partial charge in [-0.25, -0.2) is 0 Å². The van der Waals surface area contributed by atoms with Crippen molar-refractivity contribution in [3.05, 3.63) is 30.1 Å². The van der Waals surface area contributed by atoms with Crippen molar-refractivity contribution >= 4 is 11.9 Å². The van der Waals surface area contributed by atoms with Gasteiger partial charge in [0.2, 0.25) is 5.91 Å². The number of aliphatic carboxylic acids is 1. The largest absolute Gasteiger partial charge is 0.481 e. The molecule has 0 bridgehead atoms. The number of carbonyl (C=O) groups excluding carboxylic acids is 1. The number of piperidine rings is 1. The number of carboxylic acids is 1. The average molecular weight is 276 g/mol. The fourth-order valence-corrected chi connectivity index (χ4v) is 2.83. The summed E-state index contributed by atoms with van der Waals surface area (Å²) in [6, 6.07) is 4.89. The van der Waals surface area contributed by atoms with Crippen LogP contribution in [0, 0.1) is 5.92 Å². The lowest BCUT2D eigenvalue weighted by Crippen LogP contribution is -2.54. The van der Waals surface area contributed by atoms with E-state index >= 15 is 0 Å². The van der Waals surface area contributed by atoms with Crippen molar-refractivity contribution < 1.29 is 14.7 Å². The Morgan fingerprint density at radius 3 is 2.60 bits per heavy atom. The molecule has 5 nitrogen and oxygen atoms in total. The summed E-state index contributed by atoms with van der Waals surface area (Å²) in [4.78, 5) is 29.8. The van der Waals surface area contributed by atoms with Gasteiger partial charge in [-0.2, -0.15) is 0 Å². The summed E-state index contributed by atoms with van der Waals surface area (Å²) in [6.07, 6.45) is 2.27. The average Bonchev–Trinajstić information content (AvgIpc) is 2.37. The van der Waals surface area contributed by atoms with Gasteiger partial charge in [-0.05, 0) is 39.3 Å². The molecule has 2 atom stereocenters. The Kier molecular flexibility index (Phi) is 3.79. The first-order valence-corrected chi connectivity index (χ1v) is 6.78. The van der Waals surface area contributed by atoms with Crippen LogP contribution >= 0.6 is 0 Å². The molecule has 2 rings (SSSR count). The van der Waals surface area contributed by atoms with E-state index in [4.69, 9.17) is 0 Å². The fraction of sp³-hybridized carbons (Fsp3) is 0.533. The predicted molar refractivity (Wildman–Crippen MR) is 73.9 cm³/mol. The molecular weight excluding hydrogens is 256 g/mol. The highest BCUT2D eigenvalue weighted by molar-refractivity contribution is 5.82. The van der Waals surface area contributed by atoms with Crippen LogP contribution in [0.25, 0.3) is 0 Å². The molecule has 2 unspecified atom stereocenters. The zero-order valence-corrected chi connectivity index (χ0v) is 12.0. The maximum Gasteiger partial charge on any atom is 0.309 e. The number of carbonyl (C=O) groups is 2. The second-order valence-electron chi connectivity index (χ2n) is 6.12. The maximum absolute atomic E-state index is 12.3. The molecule has 1 saturated heterocycles. The first kappa shape index (κ1) is 14.5. The van der Waals surface area contributed by atoms with Crippen molar-refractivity contribution in [3.63, 3.8) is 0 Å². The minimum atomic E-state index is -0.873. The maximum atomic E-state index is 12.3. The minimum Gasteiger partial charge on any atom is -0.481 e. The fourth-order valence-electron chi connectivity index (χ4n) is 2.83. The Hall–Kier alpha value is -1.91. The predicted octanol–water partition coefficient (Wildman–Crippen LogP) is 2.24. The van der Waals surface area contributed by atoms with Gasteiger partial charge in [0.1, 0.15) is 0 Å². The number of hydrogen-bond donors (Lipinski definition) is 1. The molecule has 108 valence electrons. The monoisotopic (exact) mass is 276 g/mol. The third-order valence-electron chi connectivity index (χ3n) is 3.63. The van der Waals surface area contributed by atoms with Gasteiger partial charge < -0.3 is 10.0 Å². The smallest absolute Gasteiger partial charge is 0.309 e. The molecule has 0 aromatic carbocycles. The molecule has 5 heteroatoms. The van der Waals surface area contributed by atoms with E-state index in [0.717, 1.165) is 0 Å². The Morgan fingerprint density at radius 1 is 1.40 bits per heavy atom. The van der Waals surface area contributed by atoms with Gasteiger partial charge in [0.05, 0.1) is 17.7 Å². The second-order valence-corrected chi connectivity index (χ2v) is 6.12. The topological polar surface area (TPSA) is 70.5 Å². The van der Waals surface area contributed by atoms with E-state index in [1.165, 1.54) is 0 Å². The lowest BCUT2D eigenvalue weighted by atomic mass is 9.83. The summed E-state index contributed by atoms with van der Waals surface area (Å²) >= 11 is 0. The minimum absolute atomic E-state index is 0.00865. The van der Waals surface area contributed by atoms with Crippen molar-refractivity contribution in [2.45, 2.75) is 45.2 Å². The third-order valence-corrected chi connectivity index (χ3v) is 3.63. The van der Waals surface area contributed by atoms with Crippen molar-refractivity contribution in [1.29, 1.82) is 0 Å². The van der Waals surface area contributed by atoms with Crippen LogP contribution in [-0.4, -0.2) is 32.4 Å². The quantitative estimate of drug-likeness (QED) is 0.899. The number of amides is 1. The molecule has 1 N–H and O–H groups in total. The van der Waals surface area contributed by atoms with Gasteiger partial charge in [-0.3, -0.25) is 14.6 Å². The molecular formula is C15H20N2O3. The lowest BCUT2D eigenvalue weighted by molar-refractivity contribution is -0.156. The van der Waals surface area contributed by atoms with E-state index in [9.17, 15) is 14.7 Å². The first-order chi connectivity index (χ1) is 9.32. The molecule has 1 amide bonds. The van der Waals surface area contributed by atoms with E-state index in [-0.39, 0.29) is 12.3 Å². The van der Waals surface area contributed by atoms with E-state index in [0.29, 0.717) is 12.1 Å². The SMILES string of the molecule is CC(C)(C)N1C(=O)CCC(C(=O)O)C1c1ccccn1. The van der Waals surface area contributed by atoms with E-state index < -0.39 is 23.5 Å². The summed E-state index contributed by atoms with van der Waals surface area (Å²) in [5, 5.41) is 9.47. The van der Waals surface area contributed by atoms with Crippen LogP contribution in [0.3, 0.4) is 0 Å². The summed E-state index contributed by atoms with van der Waals surface area (Å²) in [5.41, 5.74) is 0.204. The highest BCUT2D eigenvalue weighted by Crippen LogP contribution is 2.40. The Balaban J connectivity index is 2.50. The van der Waals surface area contributed by atoms with E-state index in [2.05, 4.69) is 4.98 Å². The summed E-state index contributed by atoms with van der Waals surface area (Å²) in [6.45, 7) is 5.77. The molecule has 1 aliphatic heterocycles. The zero-order chi connectivity index (χ0) is 14.9. The number of hydrogen-bond acceptors (Lipinski definition) is 3. The number of carboxylic acid groups (broad SMARTS) is 1. The van der Waals surface area contributed by atoms with Crippen molar-refractivity contribution in [2.75, 3.05) is 0 Å². The lowest BCUT2D eigenvalue weighted by Gasteiger charge is -2.46. The van der Waals surface area contributed by atoms with Gasteiger partial charge in [-0.1, -0.05) is 6.07 Å². The Bertz CT molecular complexity index is 508. The van der Waals surface area contributed by atoms with E-state index in [1.54, 1.807) is 23.2 Å². The van der Waals surface area contributed by atoms with Crippen LogP contribution in [-0.2, 0) is 9.59 Å². The van der Waals surface area contributed by atoms with Gasteiger partial charge in [-0.15, -0.1) is 0 Å². The molecule has 0 spiro atoms. The van der Waals surface area contributed by atoms with Crippen molar-refractivity contribution in [2.24, 2.45) is 5.92 Å². The van der Waals surface area contributed by atoms with Crippen LogP contribution in [0.5, 0.6) is 0 Å². The number of rotatable bonds is 2. The van der Waals surface area contributed by atoms with Gasteiger partial charge >= 0.3 is 5.97 Å². The zero-order valence-electron chi connectivity index (χ0n) is 12.0. The Morgan fingerprint density at radius 2 is 2.10 bits per heavy atom. The highest BCUT2D eigenvalue weighted by atomic mass is 16.4. The number of aromatic nitrogens is 1.